The second-order valence-corrected chi connectivity index (χ2v) is 2.93. The smallest absolute Gasteiger partial charge is 0.0175 e. The number of likely N-dealkylation sites (tertiary alicyclic amines) is 1. The Balaban J connectivity index is -0.000000176. The molecule has 94 valence electrons. The molecule has 0 radical (unpaired) electrons. The first-order valence-corrected chi connectivity index (χ1v) is 6.21. The van der Waals surface area contributed by atoms with Crippen molar-refractivity contribution < 1.29 is 0 Å². The summed E-state index contributed by atoms with van der Waals surface area (Å²) in [5.74, 6) is 0. The zero-order valence-electron chi connectivity index (χ0n) is 12.0. The van der Waals surface area contributed by atoms with E-state index in [0.29, 0.717) is 0 Å². The van der Waals surface area contributed by atoms with E-state index in [1.807, 2.05) is 41.8 Å². The Morgan fingerprint density at radius 1 is 1.00 bits per heavy atom. The van der Waals surface area contributed by atoms with Crippen molar-refractivity contribution in [1.82, 2.24) is 10.2 Å². The molecule has 0 aromatic heterocycles. The van der Waals surface area contributed by atoms with Crippen molar-refractivity contribution in [3.8, 4) is 0 Å². The maximum Gasteiger partial charge on any atom is 0.0175 e. The number of nitrogens with one attached hydrogen (secondary N) is 1. The van der Waals surface area contributed by atoms with Crippen molar-refractivity contribution in [2.24, 2.45) is 0 Å². The van der Waals surface area contributed by atoms with Crippen LogP contribution >= 0.6 is 0 Å². The van der Waals surface area contributed by atoms with Crippen LogP contribution in [0.3, 0.4) is 0 Å². The van der Waals surface area contributed by atoms with Crippen LogP contribution in [0, 0.1) is 0 Å². The van der Waals surface area contributed by atoms with Crippen LogP contribution in [0.4, 0.5) is 0 Å². The van der Waals surface area contributed by atoms with Gasteiger partial charge < -0.3 is 10.2 Å². The van der Waals surface area contributed by atoms with E-state index in [4.69, 9.17) is 0 Å². The Bertz CT molecular complexity index is 105. The van der Waals surface area contributed by atoms with Crippen molar-refractivity contribution in [1.29, 1.82) is 0 Å². The molecule has 0 unspecified atom stereocenters. The summed E-state index contributed by atoms with van der Waals surface area (Å²) in [4.78, 5) is 2.33. The summed E-state index contributed by atoms with van der Waals surface area (Å²) in [5, 5.41) is 2.75. The van der Waals surface area contributed by atoms with Gasteiger partial charge in [-0.3, -0.25) is 0 Å². The van der Waals surface area contributed by atoms with Crippen LogP contribution in [0.1, 0.15) is 47.5 Å². The molecule has 1 rings (SSSR count). The molecule has 1 N–H and O–H groups in total. The molecule has 1 fully saturated rings. The van der Waals surface area contributed by atoms with Crippen LogP contribution in [0.25, 0.3) is 0 Å². The average molecular weight is 216 g/mol. The molecule has 1 aliphatic heterocycles. The van der Waals surface area contributed by atoms with Crippen LogP contribution in [0.5, 0.6) is 0 Å². The van der Waals surface area contributed by atoms with Crippen molar-refractivity contribution in [3.05, 3.63) is 12.3 Å². The Hall–Kier alpha value is -0.500. The van der Waals surface area contributed by atoms with E-state index >= 15 is 0 Å². The van der Waals surface area contributed by atoms with Gasteiger partial charge in [0, 0.05) is 18.8 Å². The van der Waals surface area contributed by atoms with E-state index < -0.39 is 0 Å². The van der Waals surface area contributed by atoms with E-state index in [-0.39, 0.29) is 0 Å². The normalized spacial score (nSPS) is 12.3. The molecular weight excluding hydrogens is 184 g/mol. The fourth-order valence-electron chi connectivity index (χ4n) is 1.10. The summed E-state index contributed by atoms with van der Waals surface area (Å²) in [6.07, 6.45) is 2.71. The number of hydrogen-bond acceptors (Lipinski definition) is 2. The number of hydrogen-bond donors (Lipinski definition) is 1. The van der Waals surface area contributed by atoms with Crippen molar-refractivity contribution >= 4 is 0 Å². The molecule has 15 heavy (non-hydrogen) atoms. The fraction of sp³-hybridized carbons (Fsp3) is 0.846. The van der Waals surface area contributed by atoms with Gasteiger partial charge in [-0.15, -0.1) is 0 Å². The van der Waals surface area contributed by atoms with Crippen molar-refractivity contribution in [2.75, 3.05) is 27.2 Å². The third kappa shape index (κ3) is 16.2. The van der Waals surface area contributed by atoms with Gasteiger partial charge in [-0.25, -0.2) is 0 Å². The molecule has 2 nitrogen and oxygen atoms in total. The van der Waals surface area contributed by atoms with Gasteiger partial charge in [0.15, 0.2) is 0 Å². The van der Waals surface area contributed by atoms with E-state index in [0.717, 1.165) is 0 Å². The lowest BCUT2D eigenvalue weighted by Gasteiger charge is -2.15. The highest BCUT2D eigenvalue weighted by Crippen LogP contribution is 2.11. The predicted molar refractivity (Wildman–Crippen MR) is 73.3 cm³/mol. The highest BCUT2D eigenvalue weighted by atomic mass is 15.1. The lowest BCUT2D eigenvalue weighted by atomic mass is 10.4. The quantitative estimate of drug-likeness (QED) is 0.721. The number of nitrogens with zero attached hydrogens (tertiary/aromatic N) is 1. The largest absolute Gasteiger partial charge is 0.376 e. The van der Waals surface area contributed by atoms with Crippen LogP contribution in [0.15, 0.2) is 12.3 Å². The van der Waals surface area contributed by atoms with Crippen molar-refractivity contribution in [2.45, 2.75) is 47.5 Å². The monoisotopic (exact) mass is 216 g/mol. The van der Waals surface area contributed by atoms with E-state index in [1.54, 1.807) is 0 Å². The molecule has 1 saturated heterocycles. The molecule has 0 amide bonds. The molecule has 0 spiro atoms. The Labute approximate surface area is 97.8 Å². The average Bonchev–Trinajstić information content (AvgIpc) is 2.78. The molecule has 2 heteroatoms. The lowest BCUT2D eigenvalue weighted by Crippen LogP contribution is -2.15. The standard InChI is InChI=1S/C7H13N.C2H7N.2C2H6/c1-7(2)8-5-3-4-6-8;1-3-2;2*1-2/h1,3-6H2,2H3;3H,1-2H3;2*1-2H3. The number of allylic oxidation sites excluding steroid dienone is 1. The molecular formula is C13H32N2. The minimum atomic E-state index is 1.22. The molecule has 0 aliphatic carbocycles. The summed E-state index contributed by atoms with van der Waals surface area (Å²) in [5.41, 5.74) is 1.22. The minimum Gasteiger partial charge on any atom is -0.376 e. The maximum absolute atomic E-state index is 3.86. The lowest BCUT2D eigenvalue weighted by molar-refractivity contribution is 0.430. The topological polar surface area (TPSA) is 15.3 Å². The van der Waals surface area contributed by atoms with Gasteiger partial charge >= 0.3 is 0 Å². The first-order chi connectivity index (χ1) is 7.22. The Kier molecular flexibility index (Phi) is 25.5. The third-order valence-electron chi connectivity index (χ3n) is 1.65. The van der Waals surface area contributed by atoms with Crippen molar-refractivity contribution in [3.63, 3.8) is 0 Å². The van der Waals surface area contributed by atoms with Crippen LogP contribution in [0.2, 0.25) is 0 Å². The molecule has 0 aromatic carbocycles. The van der Waals surface area contributed by atoms with Gasteiger partial charge in [-0.1, -0.05) is 34.3 Å². The summed E-state index contributed by atoms with van der Waals surface area (Å²) in [7, 11) is 3.75. The summed E-state index contributed by atoms with van der Waals surface area (Å²) in [6.45, 7) is 16.4. The summed E-state index contributed by atoms with van der Waals surface area (Å²) < 4.78 is 0. The summed E-state index contributed by atoms with van der Waals surface area (Å²) >= 11 is 0. The molecule has 0 aromatic rings. The second kappa shape index (κ2) is 19.1. The summed E-state index contributed by atoms with van der Waals surface area (Å²) in [6, 6.07) is 0. The molecule has 1 heterocycles. The van der Waals surface area contributed by atoms with E-state index in [9.17, 15) is 0 Å². The van der Waals surface area contributed by atoms with Gasteiger partial charge in [0.1, 0.15) is 0 Å². The fourth-order valence-corrected chi connectivity index (χ4v) is 1.10. The van der Waals surface area contributed by atoms with Gasteiger partial charge in [-0.05, 0) is 33.9 Å². The molecule has 0 atom stereocenters. The van der Waals surface area contributed by atoms with Gasteiger partial charge in [-0.2, -0.15) is 0 Å². The first-order valence-electron chi connectivity index (χ1n) is 6.21. The van der Waals surface area contributed by atoms with Crippen LogP contribution in [-0.2, 0) is 0 Å². The number of rotatable bonds is 1. The SMILES string of the molecule is C=C(C)N1CCCC1.CC.CC.CNC. The highest BCUT2D eigenvalue weighted by molar-refractivity contribution is 4.90. The van der Waals surface area contributed by atoms with Crippen LogP contribution in [-0.4, -0.2) is 32.1 Å². The highest BCUT2D eigenvalue weighted by Gasteiger charge is 2.08. The van der Waals surface area contributed by atoms with Gasteiger partial charge in [0.25, 0.3) is 0 Å². The zero-order chi connectivity index (χ0) is 12.7. The predicted octanol–water partition coefficient (Wildman–Crippen LogP) is 3.50. The Morgan fingerprint density at radius 3 is 1.40 bits per heavy atom. The Morgan fingerprint density at radius 2 is 1.27 bits per heavy atom. The zero-order valence-corrected chi connectivity index (χ0v) is 12.0. The van der Waals surface area contributed by atoms with Gasteiger partial charge in [0.05, 0.1) is 0 Å². The first kappa shape index (κ1) is 20.0. The van der Waals surface area contributed by atoms with Crippen LogP contribution < -0.4 is 5.32 Å². The minimum absolute atomic E-state index is 1.22. The second-order valence-electron chi connectivity index (χ2n) is 2.93. The molecule has 0 saturated carbocycles. The molecule has 1 aliphatic rings. The van der Waals surface area contributed by atoms with E-state index in [2.05, 4.69) is 23.7 Å². The van der Waals surface area contributed by atoms with Gasteiger partial charge in [0.2, 0.25) is 0 Å². The van der Waals surface area contributed by atoms with E-state index in [1.165, 1.54) is 31.6 Å². The maximum atomic E-state index is 3.86. The third-order valence-corrected chi connectivity index (χ3v) is 1.65. The molecule has 0 bridgehead atoms.